The fraction of sp³-hybridized carbons (Fsp3) is 0.579. The summed E-state index contributed by atoms with van der Waals surface area (Å²) in [6, 6.07) is 8.81. The smallest absolute Gasteiger partial charge is 0.326 e. The fourth-order valence-electron chi connectivity index (χ4n) is 3.84. The predicted molar refractivity (Wildman–Crippen MR) is 88.8 cm³/mol. The summed E-state index contributed by atoms with van der Waals surface area (Å²) in [5, 5.41) is 0. The fourth-order valence-corrected chi connectivity index (χ4v) is 3.84. The molecule has 1 aliphatic carbocycles. The second-order valence-electron chi connectivity index (χ2n) is 6.65. The second-order valence-corrected chi connectivity index (χ2v) is 6.65. The van der Waals surface area contributed by atoms with Crippen LogP contribution in [0.25, 0.3) is 0 Å². The van der Waals surface area contributed by atoms with Crippen molar-refractivity contribution in [3.8, 4) is 0 Å². The third kappa shape index (κ3) is 2.99. The van der Waals surface area contributed by atoms with Gasteiger partial charge in [-0.05, 0) is 41.9 Å². The molecule has 2 rings (SSSR count). The number of benzene rings is 1. The molecule has 1 aromatic carbocycles. The average molecular weight is 316 g/mol. The van der Waals surface area contributed by atoms with Crippen LogP contribution < -0.4 is 5.73 Å². The number of ether oxygens (including phenoxy) is 1. The number of esters is 1. The Morgan fingerprint density at radius 3 is 2.48 bits per heavy atom. The topological polar surface area (TPSA) is 69.4 Å². The molecule has 1 aliphatic rings. The SMILES string of the molecule is COC(=O)C(C(N)=O)(c1[c]cccc1C1CCCCC1)C(C)C. The molecule has 0 saturated heterocycles. The summed E-state index contributed by atoms with van der Waals surface area (Å²) in [5.41, 5.74) is 5.85. The van der Waals surface area contributed by atoms with Crippen molar-refractivity contribution >= 4 is 11.9 Å². The zero-order valence-corrected chi connectivity index (χ0v) is 14.2. The van der Waals surface area contributed by atoms with Gasteiger partial charge >= 0.3 is 5.97 Å². The summed E-state index contributed by atoms with van der Waals surface area (Å²) in [6.45, 7) is 3.65. The predicted octanol–water partition coefficient (Wildman–Crippen LogP) is 3.09. The number of amides is 1. The summed E-state index contributed by atoms with van der Waals surface area (Å²) < 4.78 is 4.98. The van der Waals surface area contributed by atoms with E-state index in [1.807, 2.05) is 26.0 Å². The summed E-state index contributed by atoms with van der Waals surface area (Å²) in [6.07, 6.45) is 5.72. The van der Waals surface area contributed by atoms with Gasteiger partial charge in [-0.3, -0.25) is 9.59 Å². The Morgan fingerprint density at radius 2 is 1.96 bits per heavy atom. The molecule has 23 heavy (non-hydrogen) atoms. The van der Waals surface area contributed by atoms with Crippen molar-refractivity contribution in [3.05, 3.63) is 35.4 Å². The van der Waals surface area contributed by atoms with Gasteiger partial charge in [0.2, 0.25) is 5.91 Å². The Morgan fingerprint density at radius 1 is 1.30 bits per heavy atom. The first-order valence-corrected chi connectivity index (χ1v) is 8.35. The van der Waals surface area contributed by atoms with E-state index in [4.69, 9.17) is 10.5 Å². The zero-order chi connectivity index (χ0) is 17.0. The Kier molecular flexibility index (Phi) is 5.45. The lowest BCUT2D eigenvalue weighted by Gasteiger charge is -2.35. The Balaban J connectivity index is 2.64. The summed E-state index contributed by atoms with van der Waals surface area (Å²) >= 11 is 0. The van der Waals surface area contributed by atoms with Crippen LogP contribution in [0.4, 0.5) is 0 Å². The number of hydrogen-bond donors (Lipinski definition) is 1. The molecule has 0 aromatic heterocycles. The quantitative estimate of drug-likeness (QED) is 0.670. The molecule has 1 fully saturated rings. The molecule has 4 nitrogen and oxygen atoms in total. The van der Waals surface area contributed by atoms with E-state index >= 15 is 0 Å². The van der Waals surface area contributed by atoms with Gasteiger partial charge in [-0.1, -0.05) is 51.3 Å². The van der Waals surface area contributed by atoms with Crippen molar-refractivity contribution in [2.45, 2.75) is 57.3 Å². The van der Waals surface area contributed by atoms with Crippen LogP contribution in [0.2, 0.25) is 0 Å². The van der Waals surface area contributed by atoms with Crippen LogP contribution in [0.1, 0.15) is 63.0 Å². The molecule has 1 amide bonds. The molecule has 0 spiro atoms. The van der Waals surface area contributed by atoms with Gasteiger partial charge in [0, 0.05) is 0 Å². The molecule has 125 valence electrons. The van der Waals surface area contributed by atoms with E-state index in [0.717, 1.165) is 18.4 Å². The van der Waals surface area contributed by atoms with Crippen molar-refractivity contribution in [2.75, 3.05) is 7.11 Å². The lowest BCUT2D eigenvalue weighted by atomic mass is 9.67. The van der Waals surface area contributed by atoms with Crippen molar-refractivity contribution < 1.29 is 14.3 Å². The van der Waals surface area contributed by atoms with E-state index in [1.165, 1.54) is 26.4 Å². The minimum absolute atomic E-state index is 0.312. The molecule has 4 heteroatoms. The van der Waals surface area contributed by atoms with Gasteiger partial charge in [0.1, 0.15) is 0 Å². The average Bonchev–Trinajstić information content (AvgIpc) is 2.56. The number of carbonyl (C=O) groups is 2. The van der Waals surface area contributed by atoms with E-state index in [-0.39, 0.29) is 5.92 Å². The number of nitrogens with two attached hydrogens (primary N) is 1. The van der Waals surface area contributed by atoms with E-state index in [9.17, 15) is 9.59 Å². The molecule has 1 radical (unpaired) electrons. The van der Waals surface area contributed by atoms with E-state index in [1.54, 1.807) is 6.07 Å². The standard InChI is InChI=1S/C19H26NO3/c1-13(2)19(17(20)21,18(22)23-3)16-12-8-7-11-15(16)14-9-5-4-6-10-14/h7-8,11,13-14H,4-6,9-10H2,1-3H3,(H2,20,21). The number of carbonyl (C=O) groups excluding carboxylic acids is 2. The minimum atomic E-state index is -1.48. The largest absolute Gasteiger partial charge is 0.468 e. The van der Waals surface area contributed by atoms with Crippen LogP contribution in [-0.2, 0) is 19.7 Å². The minimum Gasteiger partial charge on any atom is -0.468 e. The zero-order valence-electron chi connectivity index (χ0n) is 14.2. The first-order chi connectivity index (χ1) is 11.0. The van der Waals surface area contributed by atoms with Crippen molar-refractivity contribution in [1.29, 1.82) is 0 Å². The third-order valence-corrected chi connectivity index (χ3v) is 5.09. The third-order valence-electron chi connectivity index (χ3n) is 5.09. The van der Waals surface area contributed by atoms with E-state index < -0.39 is 17.3 Å². The molecular weight excluding hydrogens is 290 g/mol. The number of primary amides is 1. The Bertz CT molecular complexity index is 576. The van der Waals surface area contributed by atoms with Crippen molar-refractivity contribution in [3.63, 3.8) is 0 Å². The first kappa shape index (κ1) is 17.5. The number of hydrogen-bond acceptors (Lipinski definition) is 3. The Labute approximate surface area is 138 Å². The van der Waals surface area contributed by atoms with Crippen molar-refractivity contribution in [2.24, 2.45) is 11.7 Å². The molecular formula is C19H26NO3. The van der Waals surface area contributed by atoms with Crippen molar-refractivity contribution in [1.82, 2.24) is 0 Å². The molecule has 0 heterocycles. The van der Waals surface area contributed by atoms with Crippen LogP contribution in [0, 0.1) is 12.0 Å². The maximum atomic E-state index is 12.6. The molecule has 1 aromatic rings. The lowest BCUT2D eigenvalue weighted by Crippen LogP contribution is -2.53. The highest BCUT2D eigenvalue weighted by Gasteiger charge is 2.51. The van der Waals surface area contributed by atoms with Gasteiger partial charge in [0.15, 0.2) is 5.41 Å². The van der Waals surface area contributed by atoms with Gasteiger partial charge in [-0.2, -0.15) is 0 Å². The lowest BCUT2D eigenvalue weighted by molar-refractivity contribution is -0.154. The van der Waals surface area contributed by atoms with Crippen LogP contribution in [0.15, 0.2) is 18.2 Å². The Hall–Kier alpha value is -1.84. The highest BCUT2D eigenvalue weighted by Crippen LogP contribution is 2.42. The van der Waals surface area contributed by atoms with Gasteiger partial charge in [0.05, 0.1) is 7.11 Å². The maximum absolute atomic E-state index is 12.6. The number of methoxy groups -OCH3 is 1. The van der Waals surface area contributed by atoms with Gasteiger partial charge in [-0.15, -0.1) is 0 Å². The monoisotopic (exact) mass is 316 g/mol. The summed E-state index contributed by atoms with van der Waals surface area (Å²) in [5.74, 6) is -1.23. The van der Waals surface area contributed by atoms with Crippen LogP contribution >= 0.6 is 0 Å². The maximum Gasteiger partial charge on any atom is 0.326 e. The molecule has 2 N–H and O–H groups in total. The first-order valence-electron chi connectivity index (χ1n) is 8.35. The van der Waals surface area contributed by atoms with E-state index in [0.29, 0.717) is 11.5 Å². The molecule has 1 atom stereocenters. The van der Waals surface area contributed by atoms with Crippen LogP contribution in [-0.4, -0.2) is 19.0 Å². The molecule has 1 saturated carbocycles. The van der Waals surface area contributed by atoms with Crippen LogP contribution in [0.5, 0.6) is 0 Å². The van der Waals surface area contributed by atoms with E-state index in [2.05, 4.69) is 6.07 Å². The van der Waals surface area contributed by atoms with Gasteiger partial charge in [-0.25, -0.2) is 0 Å². The normalized spacial score (nSPS) is 18.4. The second kappa shape index (κ2) is 7.16. The highest BCUT2D eigenvalue weighted by atomic mass is 16.5. The summed E-state index contributed by atoms with van der Waals surface area (Å²) in [7, 11) is 1.30. The summed E-state index contributed by atoms with van der Waals surface area (Å²) in [4.78, 5) is 25.0. The van der Waals surface area contributed by atoms with Gasteiger partial charge in [0.25, 0.3) is 0 Å². The highest BCUT2D eigenvalue weighted by molar-refractivity contribution is 6.08. The molecule has 1 unspecified atom stereocenters. The van der Waals surface area contributed by atoms with Crippen LogP contribution in [0.3, 0.4) is 0 Å². The molecule has 0 aliphatic heterocycles. The number of rotatable bonds is 5. The van der Waals surface area contributed by atoms with Gasteiger partial charge < -0.3 is 10.5 Å². The molecule has 0 bridgehead atoms.